The van der Waals surface area contributed by atoms with E-state index in [0.717, 1.165) is 85.9 Å². The van der Waals surface area contributed by atoms with Gasteiger partial charge in [0.05, 0.1) is 18.6 Å². The second-order valence-corrected chi connectivity index (χ2v) is 29.7. The lowest BCUT2D eigenvalue weighted by Gasteiger charge is -2.46. The number of hydrogen-bond acceptors (Lipinski definition) is 34. The van der Waals surface area contributed by atoms with Gasteiger partial charge in [-0.15, -0.1) is 0 Å². The van der Waals surface area contributed by atoms with Crippen molar-refractivity contribution in [2.45, 2.75) is 238 Å². The van der Waals surface area contributed by atoms with Crippen LogP contribution in [0, 0.1) is 0 Å². The molecule has 0 aliphatic carbocycles. The van der Waals surface area contributed by atoms with Crippen molar-refractivity contribution in [1.82, 2.24) is 36.4 Å². The summed E-state index contributed by atoms with van der Waals surface area (Å²) in [4.78, 5) is 208. The molecule has 0 saturated carbocycles. The van der Waals surface area contributed by atoms with E-state index in [1.807, 2.05) is 91.0 Å². The number of carbonyl (C=O) groups is 16. The molecule has 3 heterocycles. The van der Waals surface area contributed by atoms with Gasteiger partial charge in [0.2, 0.25) is 29.5 Å². The second kappa shape index (κ2) is 52.4. The first-order chi connectivity index (χ1) is 59.5. The zero-order valence-corrected chi connectivity index (χ0v) is 72.5. The Bertz CT molecular complexity index is 4020. The number of nitrogens with zero attached hydrogens (tertiary/aromatic N) is 2. The maximum absolute atomic E-state index is 15.1. The molecule has 15 atom stereocenters. The number of rotatable bonds is 50. The molecule has 5 amide bonds. The van der Waals surface area contributed by atoms with Gasteiger partial charge in [-0.3, -0.25) is 81.6 Å². The number of unbranched alkanes of at least 4 members (excludes halogenated alkanes) is 2. The number of amides is 5. The summed E-state index contributed by atoms with van der Waals surface area (Å²) in [6.45, 7) is 16.0. The average Bonchev–Trinajstić information content (AvgIpc) is 0.737. The Balaban J connectivity index is 1.21. The Morgan fingerprint density at radius 3 is 1.10 bits per heavy atom. The molecule has 3 aliphatic rings. The third-order valence-electron chi connectivity index (χ3n) is 19.5. The van der Waals surface area contributed by atoms with Gasteiger partial charge in [0, 0.05) is 167 Å². The Morgan fingerprint density at radius 2 is 0.728 bits per heavy atom. The fourth-order valence-corrected chi connectivity index (χ4v) is 14.5. The number of Topliss-reactive ketones (excluding diaryl/α,β-unsaturated/α-hetero) is 1. The van der Waals surface area contributed by atoms with Crippen molar-refractivity contribution in [3.05, 3.63) is 120 Å². The van der Waals surface area contributed by atoms with E-state index in [1.165, 1.54) is 13.8 Å². The Morgan fingerprint density at radius 1 is 0.368 bits per heavy atom. The Labute approximate surface area is 724 Å². The van der Waals surface area contributed by atoms with Gasteiger partial charge in [0.15, 0.2) is 61.3 Å². The molecule has 5 N–H and O–H groups in total. The quantitative estimate of drug-likeness (QED) is 0.0235. The van der Waals surface area contributed by atoms with Crippen molar-refractivity contribution in [1.29, 1.82) is 0 Å². The molecule has 3 fully saturated rings. The number of carbonyl (C=O) groups excluding carboxylic acids is 16. The van der Waals surface area contributed by atoms with Crippen LogP contribution in [-0.2, 0) is 158 Å². The maximum Gasteiger partial charge on any atom is 0.306 e. The number of ether oxygens (including phenoxy) is 16. The fourth-order valence-electron chi connectivity index (χ4n) is 14.5. The van der Waals surface area contributed by atoms with Gasteiger partial charge in [-0.25, -0.2) is 0 Å². The summed E-state index contributed by atoms with van der Waals surface area (Å²) < 4.78 is 90.8. The topological polar surface area (TPSA) is 487 Å². The van der Waals surface area contributed by atoms with Crippen LogP contribution in [0.4, 0.5) is 0 Å². The third-order valence-corrected chi connectivity index (χ3v) is 19.5. The molecule has 3 aromatic rings. The summed E-state index contributed by atoms with van der Waals surface area (Å²) in [5, 5.41) is 14.2. The first-order valence-electron chi connectivity index (χ1n) is 41.1. The number of benzene rings is 3. The van der Waals surface area contributed by atoms with Crippen molar-refractivity contribution in [3.63, 3.8) is 0 Å². The van der Waals surface area contributed by atoms with Crippen molar-refractivity contribution in [2.75, 3.05) is 85.5 Å². The molecule has 0 bridgehead atoms. The van der Waals surface area contributed by atoms with Crippen molar-refractivity contribution in [2.24, 2.45) is 0 Å². The minimum absolute atomic E-state index is 0.0136. The van der Waals surface area contributed by atoms with Gasteiger partial charge in [0.1, 0.15) is 62.9 Å². The van der Waals surface area contributed by atoms with Crippen LogP contribution < -0.4 is 26.6 Å². The molecule has 6 unspecified atom stereocenters. The minimum Gasteiger partial charge on any atom is -0.465 e. The molecule has 0 radical (unpaired) electrons. The normalized spacial score (nSPS) is 22.0. The highest BCUT2D eigenvalue weighted by atomic mass is 16.7. The van der Waals surface area contributed by atoms with E-state index in [9.17, 15) is 71.9 Å². The molecule has 0 aromatic heterocycles. The Kier molecular flexibility index (Phi) is 43.0. The molecule has 39 heteroatoms. The average molecular weight is 1760 g/mol. The van der Waals surface area contributed by atoms with Crippen molar-refractivity contribution in [3.8, 4) is 0 Å². The van der Waals surface area contributed by atoms with E-state index >= 15 is 4.79 Å². The van der Waals surface area contributed by atoms with Crippen LogP contribution in [0.15, 0.2) is 103 Å². The minimum atomic E-state index is -1.54. The summed E-state index contributed by atoms with van der Waals surface area (Å²) >= 11 is 0. The summed E-state index contributed by atoms with van der Waals surface area (Å²) in [6.07, 6.45) is -16.0. The smallest absolute Gasteiger partial charge is 0.306 e. The van der Waals surface area contributed by atoms with Gasteiger partial charge < -0.3 is 107 Å². The largest absolute Gasteiger partial charge is 0.465 e. The summed E-state index contributed by atoms with van der Waals surface area (Å²) in [6, 6.07) is 25.4. The van der Waals surface area contributed by atoms with Gasteiger partial charge in [-0.1, -0.05) is 97.6 Å². The molecule has 3 aromatic carbocycles. The number of nitrogens with one attached hydrogen (secondary N) is 5. The summed E-state index contributed by atoms with van der Waals surface area (Å²) in [5.41, 5.74) is 1.82. The number of ketones is 1. The lowest BCUT2D eigenvalue weighted by Crippen LogP contribution is -2.66. The zero-order chi connectivity index (χ0) is 91.9. The summed E-state index contributed by atoms with van der Waals surface area (Å²) in [5.74, 6) is -10.7. The van der Waals surface area contributed by atoms with E-state index in [2.05, 4.69) is 38.1 Å². The van der Waals surface area contributed by atoms with Crippen LogP contribution in [0.2, 0.25) is 0 Å². The SMILES string of the molecule is C=C(CCOC(=O)CCC(=O)CO[C@@H]1OC(COC(C)=O)[C@H](OC(C)=O)C(OC(C)=O)[C@@H]1NC(C)=O)NCCN(CCN(CCNC(=O)CCCCO[C@@H]1OC(COC(C)=O)[C@H](OC(C)=O)[C@H](OC(C)=O)C1NC(C)=O)C(c1ccccc1)(c1ccccc1)c1ccccc1)C(=O)CCCCO[C@H]1OC(COC(C)=O)[C@@H](OC(C)=O)[C@@H](OC(C)=O)C1NC(C)=O. The van der Waals surface area contributed by atoms with E-state index in [4.69, 9.17) is 75.8 Å². The highest BCUT2D eigenvalue weighted by molar-refractivity contribution is 5.84. The van der Waals surface area contributed by atoms with Crippen LogP contribution in [-0.4, -0.2) is 282 Å². The molecule has 3 aliphatic heterocycles. The molecule has 3 saturated heterocycles. The lowest BCUT2D eigenvalue weighted by molar-refractivity contribution is -0.277. The van der Waals surface area contributed by atoms with Crippen molar-refractivity contribution < 1.29 is 153 Å². The van der Waals surface area contributed by atoms with Gasteiger partial charge >= 0.3 is 59.7 Å². The Hall–Kier alpha value is -11.4. The predicted molar refractivity (Wildman–Crippen MR) is 435 cm³/mol. The van der Waals surface area contributed by atoms with Crippen LogP contribution in [0.1, 0.15) is 158 Å². The summed E-state index contributed by atoms with van der Waals surface area (Å²) in [7, 11) is 0. The molecule has 125 heavy (non-hydrogen) atoms. The number of esters is 10. The van der Waals surface area contributed by atoms with E-state index in [1.54, 1.807) is 4.90 Å². The molecule has 39 nitrogen and oxygen atoms in total. The van der Waals surface area contributed by atoms with Crippen LogP contribution in [0.5, 0.6) is 0 Å². The number of hydrogen-bond donors (Lipinski definition) is 5. The molecular weight excluding hydrogens is 1640 g/mol. The monoisotopic (exact) mass is 1760 g/mol. The van der Waals surface area contributed by atoms with Crippen LogP contribution >= 0.6 is 0 Å². The molecule has 0 spiro atoms. The van der Waals surface area contributed by atoms with E-state index < -0.39 is 214 Å². The fraction of sp³-hybridized carbons (Fsp3) is 0.581. The van der Waals surface area contributed by atoms with Gasteiger partial charge in [-0.2, -0.15) is 0 Å². The molecule has 688 valence electrons. The molecule has 6 rings (SSSR count). The molecular formula is C86H117N7O32. The van der Waals surface area contributed by atoms with Crippen molar-refractivity contribution >= 4 is 95.0 Å². The second-order valence-electron chi connectivity index (χ2n) is 29.7. The van der Waals surface area contributed by atoms with Crippen LogP contribution in [0.25, 0.3) is 0 Å². The highest BCUT2D eigenvalue weighted by Gasteiger charge is 2.55. The predicted octanol–water partition coefficient (Wildman–Crippen LogP) is 2.97. The zero-order valence-electron chi connectivity index (χ0n) is 72.5. The highest BCUT2D eigenvalue weighted by Crippen LogP contribution is 2.43. The standard InChI is InChI=1S/C86H117N7O32/c1-51(37-46-110-73(109)36-35-67(106)47-116-85-76(91-54(4)96)82(122-63(13)105)79(119-60(10)102)70(125-85)50-115-57(7)99)87-38-40-92(72(108)34-24-26-45-112-84-75(90-53(3)95)81(121-62(12)104)78(118-59(9)101)69(124-84)49-114-56(6)98)42-43-93(86(64-27-17-14-18-28-64,65-29-19-15-20-30-65)66-31-21-16-22-32-66)41-39-88-71(107)33-23-25-44-111-83-74(89-52(2)94)80(120-61(11)103)77(117-58(8)100)68(123-83)48-113-55(5)97/h14-22,27-32,68-70,74-85,87H,1,23-26,33-50H2,2-13H3,(H,88,107)(H,89,94)(H,90,95)(H,91,96)/t68?,69?,70?,74?,75?,76-,77-,78+,79-,80+,81-,82?,83+,84-,85+/m0/s1. The third kappa shape index (κ3) is 34.3. The van der Waals surface area contributed by atoms with E-state index in [0.29, 0.717) is 5.70 Å². The first-order valence-corrected chi connectivity index (χ1v) is 41.1. The maximum atomic E-state index is 15.1. The van der Waals surface area contributed by atoms with Crippen LogP contribution in [0.3, 0.4) is 0 Å². The first kappa shape index (κ1) is 102. The lowest BCUT2D eigenvalue weighted by atomic mass is 9.75. The van der Waals surface area contributed by atoms with Gasteiger partial charge in [0.25, 0.3) is 0 Å². The van der Waals surface area contributed by atoms with E-state index in [-0.39, 0.29) is 122 Å². The van der Waals surface area contributed by atoms with Gasteiger partial charge in [-0.05, 0) is 42.4 Å².